The summed E-state index contributed by atoms with van der Waals surface area (Å²) in [5.41, 5.74) is 2.48. The van der Waals surface area contributed by atoms with Crippen LogP contribution in [0.5, 0.6) is 0 Å². The van der Waals surface area contributed by atoms with Gasteiger partial charge in [-0.15, -0.1) is 0 Å². The second-order valence-electron chi connectivity index (χ2n) is 9.43. The first-order valence-corrected chi connectivity index (χ1v) is 12.4. The maximum Gasteiger partial charge on any atom is 0.125 e. The molecule has 5 atom stereocenters. The van der Waals surface area contributed by atoms with E-state index in [2.05, 4.69) is 17.9 Å². The van der Waals surface area contributed by atoms with E-state index >= 15 is 0 Å². The molecule has 0 radical (unpaired) electrons. The highest BCUT2D eigenvalue weighted by molar-refractivity contribution is 5.45. The van der Waals surface area contributed by atoms with E-state index in [9.17, 15) is 30.8 Å². The molecule has 36 heavy (non-hydrogen) atoms. The summed E-state index contributed by atoms with van der Waals surface area (Å²) in [5, 5.41) is 60.5. The quantitative estimate of drug-likeness (QED) is 0.356. The molecule has 0 aromatic heterocycles. The first kappa shape index (κ1) is 27.8. The van der Waals surface area contributed by atoms with Crippen molar-refractivity contribution in [1.82, 2.24) is 0 Å². The van der Waals surface area contributed by atoms with Crippen molar-refractivity contribution in [1.29, 1.82) is 5.26 Å². The Morgan fingerprint density at radius 2 is 1.61 bits per heavy atom. The Morgan fingerprint density at radius 1 is 0.944 bits per heavy atom. The first-order valence-electron chi connectivity index (χ1n) is 12.4. The van der Waals surface area contributed by atoms with Gasteiger partial charge in [0.2, 0.25) is 0 Å². The molecule has 3 rings (SSSR count). The zero-order valence-electron chi connectivity index (χ0n) is 20.8. The molecule has 0 amide bonds. The van der Waals surface area contributed by atoms with Gasteiger partial charge in [0.25, 0.3) is 0 Å². The molecular weight excluding hydrogens is 458 g/mol. The van der Waals surface area contributed by atoms with Crippen LogP contribution in [0.25, 0.3) is 0 Å². The number of aliphatic hydroxyl groups is 5. The number of nitriles is 1. The van der Waals surface area contributed by atoms with E-state index < -0.39 is 42.7 Å². The number of hydrogen-bond acceptors (Lipinski definition) is 7. The minimum absolute atomic E-state index is 0.442. The van der Waals surface area contributed by atoms with Crippen LogP contribution >= 0.6 is 0 Å². The Hall–Kier alpha value is -2.75. The second-order valence-corrected chi connectivity index (χ2v) is 9.43. The van der Waals surface area contributed by atoms with Crippen LogP contribution in [0.4, 0.5) is 0 Å². The topological polar surface area (TPSA) is 134 Å². The third kappa shape index (κ3) is 6.52. The van der Waals surface area contributed by atoms with Crippen molar-refractivity contribution in [3.63, 3.8) is 0 Å². The summed E-state index contributed by atoms with van der Waals surface area (Å²) < 4.78 is 5.67. The Balaban J connectivity index is 1.82. The molecule has 1 heterocycles. The lowest BCUT2D eigenvalue weighted by Crippen LogP contribution is -2.55. The van der Waals surface area contributed by atoms with Gasteiger partial charge in [-0.3, -0.25) is 0 Å². The average molecular weight is 494 g/mol. The summed E-state index contributed by atoms with van der Waals surface area (Å²) in [6, 6.07) is 14.8. The fourth-order valence-corrected chi connectivity index (χ4v) is 4.61. The van der Waals surface area contributed by atoms with Crippen molar-refractivity contribution in [3.05, 3.63) is 70.3 Å². The van der Waals surface area contributed by atoms with Gasteiger partial charge in [0.05, 0.1) is 18.2 Å². The second kappa shape index (κ2) is 12.5. The Bertz CT molecular complexity index is 1110. The van der Waals surface area contributed by atoms with Crippen LogP contribution in [0.3, 0.4) is 0 Å². The highest BCUT2D eigenvalue weighted by atomic mass is 16.5. The molecule has 1 fully saturated rings. The maximum absolute atomic E-state index is 10.7. The third-order valence-corrected chi connectivity index (χ3v) is 6.59. The van der Waals surface area contributed by atoms with E-state index in [1.807, 2.05) is 38.1 Å². The standard InChI is InChI=1S/C29H35NO6/c1-3-12-29(35,13-4-2)14-11-19-5-7-20(8-6-19)15-23-16-21(9-10-22(23)17-30)28-27(34)26(33)25(32)24(18-31)36-28/h5-10,16,24-28,31-35H,3-4,12-13,15,18H2,1-2H3/t24-,25-,26+,27?,28?/m1/s1. The number of nitrogens with zero attached hydrogens (tertiary/aromatic N) is 1. The van der Waals surface area contributed by atoms with Crippen molar-refractivity contribution < 1.29 is 30.3 Å². The zero-order chi connectivity index (χ0) is 26.3. The Kier molecular flexibility index (Phi) is 9.64. The molecule has 2 aromatic carbocycles. The predicted molar refractivity (Wildman–Crippen MR) is 135 cm³/mol. The molecule has 7 heteroatoms. The smallest absolute Gasteiger partial charge is 0.125 e. The van der Waals surface area contributed by atoms with E-state index in [1.54, 1.807) is 18.2 Å². The minimum Gasteiger partial charge on any atom is -0.394 e. The number of hydrogen-bond donors (Lipinski definition) is 5. The van der Waals surface area contributed by atoms with Crippen LogP contribution in [0.15, 0.2) is 42.5 Å². The summed E-state index contributed by atoms with van der Waals surface area (Å²) in [6.07, 6.45) is -2.84. The van der Waals surface area contributed by atoms with Gasteiger partial charge in [0.1, 0.15) is 36.1 Å². The summed E-state index contributed by atoms with van der Waals surface area (Å²) in [6.45, 7) is 3.55. The van der Waals surface area contributed by atoms with Crippen LogP contribution in [0.1, 0.15) is 73.5 Å². The van der Waals surface area contributed by atoms with E-state index in [-0.39, 0.29) is 0 Å². The van der Waals surface area contributed by atoms with Crippen LogP contribution in [0, 0.1) is 23.2 Å². The molecule has 2 unspecified atom stereocenters. The lowest BCUT2D eigenvalue weighted by Gasteiger charge is -2.40. The monoisotopic (exact) mass is 493 g/mol. The molecule has 1 saturated heterocycles. The van der Waals surface area contributed by atoms with Gasteiger partial charge in [0, 0.05) is 5.56 Å². The fourth-order valence-electron chi connectivity index (χ4n) is 4.61. The maximum atomic E-state index is 10.7. The lowest BCUT2D eigenvalue weighted by atomic mass is 9.89. The van der Waals surface area contributed by atoms with Crippen molar-refractivity contribution in [2.75, 3.05) is 6.61 Å². The molecule has 5 N–H and O–H groups in total. The van der Waals surface area contributed by atoms with Crippen LogP contribution in [-0.2, 0) is 11.2 Å². The number of rotatable bonds is 8. The first-order chi connectivity index (χ1) is 17.2. The summed E-state index contributed by atoms with van der Waals surface area (Å²) in [5.74, 6) is 6.12. The molecular formula is C29H35NO6. The molecule has 2 aromatic rings. The molecule has 0 aliphatic carbocycles. The molecule has 0 saturated carbocycles. The van der Waals surface area contributed by atoms with Crippen molar-refractivity contribution >= 4 is 0 Å². The molecule has 192 valence electrons. The van der Waals surface area contributed by atoms with Gasteiger partial charge in [0.15, 0.2) is 0 Å². The Morgan fingerprint density at radius 3 is 2.19 bits per heavy atom. The highest BCUT2D eigenvalue weighted by Crippen LogP contribution is 2.33. The summed E-state index contributed by atoms with van der Waals surface area (Å²) in [7, 11) is 0. The fraction of sp³-hybridized carbons (Fsp3) is 0.483. The van der Waals surface area contributed by atoms with Crippen LogP contribution < -0.4 is 0 Å². The summed E-state index contributed by atoms with van der Waals surface area (Å²) in [4.78, 5) is 0. The van der Waals surface area contributed by atoms with Gasteiger partial charge >= 0.3 is 0 Å². The van der Waals surface area contributed by atoms with Gasteiger partial charge in [-0.2, -0.15) is 5.26 Å². The highest BCUT2D eigenvalue weighted by Gasteiger charge is 2.44. The molecule has 1 aliphatic rings. The zero-order valence-corrected chi connectivity index (χ0v) is 20.8. The molecule has 1 aliphatic heterocycles. The SMILES string of the molecule is CCCC(O)(C#Cc1ccc(Cc2cc(C3O[C@H](CO)[C@@H](O)[C@H](O)C3O)ccc2C#N)cc1)CCC. The number of aliphatic hydroxyl groups excluding tert-OH is 4. The van der Waals surface area contributed by atoms with E-state index in [0.717, 1.165) is 24.0 Å². The number of benzene rings is 2. The van der Waals surface area contributed by atoms with Crippen molar-refractivity contribution in [2.45, 2.75) is 82.1 Å². The largest absolute Gasteiger partial charge is 0.394 e. The summed E-state index contributed by atoms with van der Waals surface area (Å²) >= 11 is 0. The average Bonchev–Trinajstić information content (AvgIpc) is 2.87. The van der Waals surface area contributed by atoms with E-state index in [4.69, 9.17) is 4.74 Å². The molecule has 7 nitrogen and oxygen atoms in total. The van der Waals surface area contributed by atoms with Crippen molar-refractivity contribution in [3.8, 4) is 17.9 Å². The normalized spacial score (nSPS) is 24.0. The van der Waals surface area contributed by atoms with Gasteiger partial charge in [-0.25, -0.2) is 0 Å². The number of ether oxygens (including phenoxy) is 1. The van der Waals surface area contributed by atoms with Gasteiger partial charge < -0.3 is 30.3 Å². The molecule has 0 spiro atoms. The van der Waals surface area contributed by atoms with Crippen LogP contribution in [-0.4, -0.2) is 62.2 Å². The van der Waals surface area contributed by atoms with Crippen LogP contribution in [0.2, 0.25) is 0 Å². The van der Waals surface area contributed by atoms with E-state index in [1.165, 1.54) is 0 Å². The van der Waals surface area contributed by atoms with Gasteiger partial charge in [-0.1, -0.05) is 62.8 Å². The lowest BCUT2D eigenvalue weighted by molar-refractivity contribution is -0.231. The predicted octanol–water partition coefficient (Wildman–Crippen LogP) is 2.35. The third-order valence-electron chi connectivity index (χ3n) is 6.59. The van der Waals surface area contributed by atoms with Crippen molar-refractivity contribution in [2.24, 2.45) is 0 Å². The molecule has 0 bridgehead atoms. The minimum atomic E-state index is -1.47. The van der Waals surface area contributed by atoms with Gasteiger partial charge in [-0.05, 0) is 54.2 Å². The Labute approximate surface area is 212 Å². The van der Waals surface area contributed by atoms with E-state index in [0.29, 0.717) is 36.0 Å².